The molecule has 51 heavy (non-hydrogen) atoms. The molecule has 1 aliphatic heterocycles. The second-order valence-electron chi connectivity index (χ2n) is 13.1. The first kappa shape index (κ1) is 28.5. The van der Waals surface area contributed by atoms with E-state index in [9.17, 15) is 0 Å². The van der Waals surface area contributed by atoms with E-state index >= 15 is 0 Å². The molecular weight excluding hydrogens is 645 g/mol. The highest BCUT2D eigenvalue weighted by molar-refractivity contribution is 7.26. The van der Waals surface area contributed by atoms with Gasteiger partial charge in [-0.05, 0) is 36.8 Å². The summed E-state index contributed by atoms with van der Waals surface area (Å²) in [5.74, 6) is 3.85. The molecule has 5 nitrogen and oxygen atoms in total. The normalized spacial score (nSPS) is 15.2. The maximum atomic E-state index is 6.52. The highest BCUT2D eigenvalue weighted by atomic mass is 32.1. The van der Waals surface area contributed by atoms with Crippen LogP contribution in [-0.4, -0.2) is 19.5 Å². The van der Waals surface area contributed by atoms with Gasteiger partial charge in [-0.15, -0.1) is 11.3 Å². The summed E-state index contributed by atoms with van der Waals surface area (Å²) in [7, 11) is 0. The lowest BCUT2D eigenvalue weighted by molar-refractivity contribution is 0.428. The van der Waals surface area contributed by atoms with E-state index in [2.05, 4.69) is 126 Å². The Hall–Kier alpha value is -6.37. The molecule has 0 N–H and O–H groups in total. The highest BCUT2D eigenvalue weighted by Gasteiger charge is 2.34. The average molecular weight is 673 g/mol. The lowest BCUT2D eigenvalue weighted by Crippen LogP contribution is -2.09. The van der Waals surface area contributed by atoms with Crippen molar-refractivity contribution in [3.05, 3.63) is 169 Å². The van der Waals surface area contributed by atoms with Crippen LogP contribution in [0.25, 0.3) is 76.0 Å². The minimum atomic E-state index is 0.144. The van der Waals surface area contributed by atoms with Crippen molar-refractivity contribution in [2.75, 3.05) is 0 Å². The number of para-hydroxylation sites is 3. The summed E-state index contributed by atoms with van der Waals surface area (Å²) in [4.78, 5) is 15.5. The molecule has 0 bridgehead atoms. The van der Waals surface area contributed by atoms with Gasteiger partial charge in [0.1, 0.15) is 11.5 Å². The van der Waals surface area contributed by atoms with E-state index in [1.807, 2.05) is 41.7 Å². The van der Waals surface area contributed by atoms with Crippen molar-refractivity contribution in [1.82, 2.24) is 19.5 Å². The first-order valence-electron chi connectivity index (χ1n) is 17.2. The van der Waals surface area contributed by atoms with Crippen LogP contribution in [0, 0.1) is 0 Å². The van der Waals surface area contributed by atoms with Gasteiger partial charge < -0.3 is 9.30 Å². The van der Waals surface area contributed by atoms with E-state index < -0.39 is 0 Å². The fraction of sp³-hybridized carbons (Fsp3) is 0.0444. The smallest absolute Gasteiger partial charge is 0.167 e. The van der Waals surface area contributed by atoms with Crippen LogP contribution in [0.15, 0.2) is 157 Å². The third-order valence-corrected chi connectivity index (χ3v) is 11.4. The maximum absolute atomic E-state index is 6.52. The zero-order valence-electron chi connectivity index (χ0n) is 27.3. The third-order valence-electron chi connectivity index (χ3n) is 10.2. The Kier molecular flexibility index (Phi) is 6.18. The summed E-state index contributed by atoms with van der Waals surface area (Å²) in [5, 5.41) is 4.83. The number of hydrogen-bond donors (Lipinski definition) is 0. The number of nitrogens with zero attached hydrogens (tertiary/aromatic N) is 4. The molecule has 6 aromatic carbocycles. The SMILES string of the molecule is C1=CC(c2nc(-c3ccccc3)nc(-c3cccc4sc5c(-n6c7ccccc7c7ccccc76)cccc5c34)n2)=C2Oc3ccccc3C2C1. The minimum Gasteiger partial charge on any atom is -0.460 e. The van der Waals surface area contributed by atoms with Crippen molar-refractivity contribution < 1.29 is 4.74 Å². The Morgan fingerprint density at radius 2 is 1.29 bits per heavy atom. The molecule has 2 aliphatic rings. The van der Waals surface area contributed by atoms with Gasteiger partial charge in [0.25, 0.3) is 0 Å². The lowest BCUT2D eigenvalue weighted by Gasteiger charge is -2.17. The maximum Gasteiger partial charge on any atom is 0.167 e. The lowest BCUT2D eigenvalue weighted by atomic mass is 9.89. The van der Waals surface area contributed by atoms with Crippen LogP contribution in [0.1, 0.15) is 23.7 Å². The summed E-state index contributed by atoms with van der Waals surface area (Å²) in [5.41, 5.74) is 7.60. The second kappa shape index (κ2) is 11.1. The van der Waals surface area contributed by atoms with Gasteiger partial charge in [0.2, 0.25) is 0 Å². The second-order valence-corrected chi connectivity index (χ2v) is 14.1. The molecule has 0 fully saturated rings. The fourth-order valence-corrected chi connectivity index (χ4v) is 9.20. The molecule has 9 aromatic rings. The molecule has 0 spiro atoms. The van der Waals surface area contributed by atoms with Crippen molar-refractivity contribution in [2.24, 2.45) is 0 Å². The molecule has 0 amide bonds. The van der Waals surface area contributed by atoms with Crippen LogP contribution < -0.4 is 4.74 Å². The van der Waals surface area contributed by atoms with Crippen molar-refractivity contribution in [1.29, 1.82) is 0 Å². The van der Waals surface area contributed by atoms with Crippen LogP contribution in [0.5, 0.6) is 5.75 Å². The van der Waals surface area contributed by atoms with Gasteiger partial charge >= 0.3 is 0 Å². The van der Waals surface area contributed by atoms with E-state index in [-0.39, 0.29) is 5.92 Å². The summed E-state index contributed by atoms with van der Waals surface area (Å²) < 4.78 is 11.3. The number of fused-ring (bicyclic) bond motifs is 9. The molecule has 1 atom stereocenters. The molecule has 0 saturated heterocycles. The number of allylic oxidation sites excluding steroid dienone is 4. The number of rotatable bonds is 4. The number of aromatic nitrogens is 4. The Morgan fingerprint density at radius 1 is 0.608 bits per heavy atom. The topological polar surface area (TPSA) is 52.8 Å². The van der Waals surface area contributed by atoms with Crippen molar-refractivity contribution in [3.8, 4) is 34.2 Å². The van der Waals surface area contributed by atoms with Crippen molar-refractivity contribution in [3.63, 3.8) is 0 Å². The van der Waals surface area contributed by atoms with Crippen molar-refractivity contribution in [2.45, 2.75) is 12.3 Å². The zero-order chi connectivity index (χ0) is 33.5. The van der Waals surface area contributed by atoms with Gasteiger partial charge in [-0.25, -0.2) is 15.0 Å². The predicted molar refractivity (Wildman–Crippen MR) is 208 cm³/mol. The fourth-order valence-electron chi connectivity index (χ4n) is 7.97. The monoisotopic (exact) mass is 672 g/mol. The van der Waals surface area contributed by atoms with Gasteiger partial charge in [-0.2, -0.15) is 0 Å². The van der Waals surface area contributed by atoms with Crippen LogP contribution >= 0.6 is 11.3 Å². The van der Waals surface area contributed by atoms with E-state index in [4.69, 9.17) is 19.7 Å². The number of ether oxygens (including phenoxy) is 1. The predicted octanol–water partition coefficient (Wildman–Crippen LogP) is 11.5. The van der Waals surface area contributed by atoms with Gasteiger partial charge in [0.15, 0.2) is 17.5 Å². The first-order valence-corrected chi connectivity index (χ1v) is 18.0. The third kappa shape index (κ3) is 4.30. The Bertz CT molecular complexity index is 2880. The van der Waals surface area contributed by atoms with Crippen molar-refractivity contribution >= 4 is 58.9 Å². The minimum absolute atomic E-state index is 0.144. The van der Waals surface area contributed by atoms with Crippen LogP contribution in [0.4, 0.5) is 0 Å². The van der Waals surface area contributed by atoms with Gasteiger partial charge in [0, 0.05) is 42.9 Å². The quantitative estimate of drug-likeness (QED) is 0.187. The Labute approximate surface area is 297 Å². The van der Waals surface area contributed by atoms with Crippen LogP contribution in [0.2, 0.25) is 0 Å². The van der Waals surface area contributed by atoms with E-state index in [0.717, 1.165) is 40.0 Å². The standard InChI is InChI=1S/C45H28N4OS/c1-2-13-27(14-3-1)43-46-44(48-45(47-43)34-21-10-18-31-30-17-6-9-25-38(30)50-41(31)34)33-20-12-26-39-40(33)32-19-11-24-37(42(32)51-39)49-35-22-7-4-15-28(35)29-16-5-8-23-36(29)49/h1-17,19-26,31H,18H2. The molecule has 1 aliphatic carbocycles. The molecule has 4 heterocycles. The van der Waals surface area contributed by atoms with Gasteiger partial charge in [0.05, 0.1) is 32.9 Å². The average Bonchev–Trinajstić information content (AvgIpc) is 3.88. The summed E-state index contributed by atoms with van der Waals surface area (Å²) in [6, 6.07) is 49.0. The Morgan fingerprint density at radius 3 is 2.14 bits per heavy atom. The van der Waals surface area contributed by atoms with E-state index in [0.29, 0.717) is 17.5 Å². The molecule has 240 valence electrons. The first-order chi connectivity index (χ1) is 25.3. The molecule has 6 heteroatoms. The summed E-state index contributed by atoms with van der Waals surface area (Å²) in [6.45, 7) is 0. The largest absolute Gasteiger partial charge is 0.460 e. The van der Waals surface area contributed by atoms with Crippen LogP contribution in [0.3, 0.4) is 0 Å². The highest BCUT2D eigenvalue weighted by Crippen LogP contribution is 2.48. The molecule has 3 aromatic heterocycles. The van der Waals surface area contributed by atoms with Crippen LogP contribution in [-0.2, 0) is 0 Å². The number of thiophene rings is 1. The molecule has 11 rings (SSSR count). The molecule has 1 unspecified atom stereocenters. The summed E-state index contributed by atoms with van der Waals surface area (Å²) in [6.07, 6.45) is 5.21. The Balaban J connectivity index is 1.15. The molecule has 0 saturated carbocycles. The van der Waals surface area contributed by atoms with E-state index in [1.165, 1.54) is 47.8 Å². The van der Waals surface area contributed by atoms with E-state index in [1.54, 1.807) is 0 Å². The summed E-state index contributed by atoms with van der Waals surface area (Å²) >= 11 is 1.82. The number of hydrogen-bond acceptors (Lipinski definition) is 5. The molecular formula is C45H28N4OS. The zero-order valence-corrected chi connectivity index (χ0v) is 28.1. The van der Waals surface area contributed by atoms with Gasteiger partial charge in [-0.1, -0.05) is 121 Å². The number of benzene rings is 6. The molecule has 0 radical (unpaired) electrons. The van der Waals surface area contributed by atoms with Gasteiger partial charge in [-0.3, -0.25) is 0 Å².